The van der Waals surface area contributed by atoms with E-state index in [0.29, 0.717) is 0 Å². The summed E-state index contributed by atoms with van der Waals surface area (Å²) in [6.07, 6.45) is 0. The third kappa shape index (κ3) is 4.62. The van der Waals surface area contributed by atoms with Crippen LogP contribution in [0.1, 0.15) is 35.5 Å². The Balaban J connectivity index is 2.84. The second kappa shape index (κ2) is 6.70. The van der Waals surface area contributed by atoms with Gasteiger partial charge < -0.3 is 11.5 Å². The van der Waals surface area contributed by atoms with Crippen LogP contribution >= 0.6 is 23.5 Å². The van der Waals surface area contributed by atoms with Crippen LogP contribution in [0.15, 0.2) is 24.3 Å². The molecule has 0 saturated heterocycles. The van der Waals surface area contributed by atoms with E-state index in [1.807, 2.05) is 32.0 Å². The average Bonchev–Trinajstić information content (AvgIpc) is 2.27. The maximum Gasteiger partial charge on any atom is 0.151 e. The van der Waals surface area contributed by atoms with Gasteiger partial charge in [-0.3, -0.25) is 10.8 Å². The number of amidine groups is 2. The summed E-state index contributed by atoms with van der Waals surface area (Å²) in [7, 11) is 0. The van der Waals surface area contributed by atoms with Crippen LogP contribution in [0.4, 0.5) is 0 Å². The van der Waals surface area contributed by atoms with Crippen LogP contribution in [0.5, 0.6) is 0 Å². The maximum absolute atomic E-state index is 7.30. The van der Waals surface area contributed by atoms with E-state index in [2.05, 4.69) is 6.07 Å². The summed E-state index contributed by atoms with van der Waals surface area (Å²) >= 11 is 2.66. The molecule has 18 heavy (non-hydrogen) atoms. The lowest BCUT2D eigenvalue weighted by molar-refractivity contribution is 1.06. The Bertz CT molecular complexity index is 410. The highest BCUT2D eigenvalue weighted by Crippen LogP contribution is 2.32. The Hall–Kier alpha value is -1.14. The van der Waals surface area contributed by atoms with Gasteiger partial charge >= 0.3 is 0 Å². The summed E-state index contributed by atoms with van der Waals surface area (Å²) in [4.78, 5) is 0. The summed E-state index contributed by atoms with van der Waals surface area (Å²) in [5, 5.41) is 15.1. The van der Waals surface area contributed by atoms with Gasteiger partial charge in [-0.25, -0.2) is 0 Å². The number of benzene rings is 1. The molecule has 0 radical (unpaired) electrons. The quantitative estimate of drug-likeness (QED) is 0.503. The summed E-state index contributed by atoms with van der Waals surface area (Å²) in [6.45, 7) is 4.04. The third-order valence-electron chi connectivity index (χ3n) is 2.46. The first-order chi connectivity index (χ1) is 8.40. The van der Waals surface area contributed by atoms with Crippen LogP contribution < -0.4 is 11.5 Å². The van der Waals surface area contributed by atoms with Gasteiger partial charge in [-0.1, -0.05) is 47.8 Å². The zero-order chi connectivity index (χ0) is 13.7. The van der Waals surface area contributed by atoms with Gasteiger partial charge in [-0.05, 0) is 25.0 Å². The zero-order valence-corrected chi connectivity index (χ0v) is 12.1. The van der Waals surface area contributed by atoms with Crippen LogP contribution in [-0.2, 0) is 0 Å². The summed E-state index contributed by atoms with van der Waals surface area (Å²) in [5.74, 6) is 0. The van der Waals surface area contributed by atoms with Crippen molar-refractivity contribution in [1.29, 1.82) is 10.8 Å². The van der Waals surface area contributed by atoms with E-state index >= 15 is 0 Å². The summed E-state index contributed by atoms with van der Waals surface area (Å²) < 4.78 is 0. The van der Waals surface area contributed by atoms with E-state index in [4.69, 9.17) is 22.3 Å². The van der Waals surface area contributed by atoms with Crippen molar-refractivity contribution in [2.75, 3.05) is 0 Å². The second-order valence-electron chi connectivity index (χ2n) is 3.92. The van der Waals surface area contributed by atoms with Gasteiger partial charge in [0.1, 0.15) is 0 Å². The van der Waals surface area contributed by atoms with E-state index in [0.717, 1.165) is 11.1 Å². The number of rotatable bonds is 4. The molecule has 1 rings (SSSR count). The molecule has 4 nitrogen and oxygen atoms in total. The van der Waals surface area contributed by atoms with Crippen molar-refractivity contribution in [2.45, 2.75) is 24.3 Å². The molecule has 0 heterocycles. The highest BCUT2D eigenvalue weighted by molar-refractivity contribution is 8.14. The van der Waals surface area contributed by atoms with Crippen LogP contribution in [0.3, 0.4) is 0 Å². The Labute approximate surface area is 116 Å². The fourth-order valence-corrected chi connectivity index (χ4v) is 2.91. The van der Waals surface area contributed by atoms with Gasteiger partial charge in [-0.2, -0.15) is 0 Å². The molecule has 2 unspecified atom stereocenters. The standard InChI is InChI=1S/C12H18N4S2/c1-7(17-11(13)14)9-4-3-5-10(6-9)8(2)18-12(15)16/h3-8H,1-2H3,(H3,13,14)(H3,15,16). The van der Waals surface area contributed by atoms with Crippen molar-refractivity contribution in [1.82, 2.24) is 0 Å². The molecule has 0 fully saturated rings. The molecule has 0 spiro atoms. The first kappa shape index (κ1) is 14.9. The summed E-state index contributed by atoms with van der Waals surface area (Å²) in [6, 6.07) is 8.12. The van der Waals surface area contributed by atoms with Crippen molar-refractivity contribution in [3.63, 3.8) is 0 Å². The molecule has 1 aromatic rings. The molecule has 0 aromatic heterocycles. The lowest BCUT2D eigenvalue weighted by Gasteiger charge is -2.15. The Morgan fingerprint density at radius 1 is 1.00 bits per heavy atom. The third-order valence-corrected chi connectivity index (χ3v) is 4.22. The van der Waals surface area contributed by atoms with Gasteiger partial charge in [0.15, 0.2) is 10.3 Å². The number of thioether (sulfide) groups is 2. The number of nitrogens with two attached hydrogens (primary N) is 2. The van der Waals surface area contributed by atoms with E-state index in [1.54, 1.807) is 0 Å². The maximum atomic E-state index is 7.30. The second-order valence-corrected chi connectivity index (χ2v) is 6.68. The first-order valence-electron chi connectivity index (χ1n) is 5.51. The molecule has 0 aliphatic carbocycles. The van der Waals surface area contributed by atoms with Crippen molar-refractivity contribution in [2.24, 2.45) is 11.5 Å². The SMILES string of the molecule is CC(SC(=N)N)c1cccc(C(C)SC(=N)N)c1. The highest BCUT2D eigenvalue weighted by Gasteiger charge is 2.12. The Kier molecular flexibility index (Phi) is 5.55. The largest absolute Gasteiger partial charge is 0.379 e. The molecule has 0 bridgehead atoms. The monoisotopic (exact) mass is 282 g/mol. The van der Waals surface area contributed by atoms with E-state index < -0.39 is 0 Å². The molecule has 2 atom stereocenters. The van der Waals surface area contributed by atoms with Crippen molar-refractivity contribution >= 4 is 33.9 Å². The van der Waals surface area contributed by atoms with Gasteiger partial charge in [0, 0.05) is 10.5 Å². The molecule has 0 aliphatic heterocycles. The number of hydrogen-bond donors (Lipinski definition) is 4. The first-order valence-corrected chi connectivity index (χ1v) is 7.27. The lowest BCUT2D eigenvalue weighted by Crippen LogP contribution is -2.07. The average molecular weight is 282 g/mol. The van der Waals surface area contributed by atoms with Gasteiger partial charge in [0.2, 0.25) is 0 Å². The van der Waals surface area contributed by atoms with Crippen molar-refractivity contribution in [3.05, 3.63) is 35.4 Å². The molecule has 6 heteroatoms. The van der Waals surface area contributed by atoms with Crippen LogP contribution in [0, 0.1) is 10.8 Å². The Morgan fingerprint density at radius 2 is 1.39 bits per heavy atom. The van der Waals surface area contributed by atoms with E-state index in [-0.39, 0.29) is 20.8 Å². The zero-order valence-electron chi connectivity index (χ0n) is 10.4. The molecular weight excluding hydrogens is 264 g/mol. The minimum atomic E-state index is 0.124. The van der Waals surface area contributed by atoms with Gasteiger partial charge in [0.05, 0.1) is 0 Å². The number of hydrogen-bond acceptors (Lipinski definition) is 4. The summed E-state index contributed by atoms with van der Waals surface area (Å²) in [5.41, 5.74) is 13.0. The molecule has 98 valence electrons. The van der Waals surface area contributed by atoms with E-state index in [9.17, 15) is 0 Å². The molecule has 0 saturated carbocycles. The fourth-order valence-electron chi connectivity index (χ4n) is 1.58. The lowest BCUT2D eigenvalue weighted by atomic mass is 10.1. The molecule has 6 N–H and O–H groups in total. The number of nitrogens with one attached hydrogen (secondary N) is 2. The topological polar surface area (TPSA) is 99.7 Å². The molecule has 0 aliphatic rings. The molecular formula is C12H18N4S2. The van der Waals surface area contributed by atoms with Crippen LogP contribution in [-0.4, -0.2) is 10.3 Å². The fraction of sp³-hybridized carbons (Fsp3) is 0.333. The van der Waals surface area contributed by atoms with E-state index in [1.165, 1.54) is 23.5 Å². The molecule has 1 aromatic carbocycles. The highest BCUT2D eigenvalue weighted by atomic mass is 32.2. The van der Waals surface area contributed by atoms with Gasteiger partial charge in [0.25, 0.3) is 0 Å². The molecule has 0 amide bonds. The Morgan fingerprint density at radius 3 is 1.72 bits per heavy atom. The van der Waals surface area contributed by atoms with Crippen molar-refractivity contribution < 1.29 is 0 Å². The minimum Gasteiger partial charge on any atom is -0.379 e. The predicted octanol–water partition coefficient (Wildman–Crippen LogP) is 3.06. The van der Waals surface area contributed by atoms with Crippen LogP contribution in [0.2, 0.25) is 0 Å². The minimum absolute atomic E-state index is 0.124. The predicted molar refractivity (Wildman–Crippen MR) is 82.3 cm³/mol. The van der Waals surface area contributed by atoms with Gasteiger partial charge in [-0.15, -0.1) is 0 Å². The normalized spacial score (nSPS) is 13.9. The van der Waals surface area contributed by atoms with Crippen LogP contribution in [0.25, 0.3) is 0 Å². The van der Waals surface area contributed by atoms with Crippen molar-refractivity contribution in [3.8, 4) is 0 Å². The smallest absolute Gasteiger partial charge is 0.151 e.